The van der Waals surface area contributed by atoms with Gasteiger partial charge in [0.15, 0.2) is 0 Å². The molecule has 0 bridgehead atoms. The van der Waals surface area contributed by atoms with Crippen LogP contribution in [0.3, 0.4) is 0 Å². The van der Waals surface area contributed by atoms with Gasteiger partial charge >= 0.3 is 0 Å². The van der Waals surface area contributed by atoms with Crippen LogP contribution in [0.25, 0.3) is 10.9 Å². The highest BCUT2D eigenvalue weighted by Crippen LogP contribution is 2.25. The first-order chi connectivity index (χ1) is 13.7. The molecule has 28 heavy (non-hydrogen) atoms. The summed E-state index contributed by atoms with van der Waals surface area (Å²) in [5, 5.41) is 7.77. The second kappa shape index (κ2) is 8.00. The van der Waals surface area contributed by atoms with Crippen molar-refractivity contribution in [2.45, 2.75) is 19.4 Å². The number of aryl methyl sites for hydroxylation is 1. The highest BCUT2D eigenvalue weighted by atomic mass is 16.5. The van der Waals surface area contributed by atoms with Gasteiger partial charge in [-0.05, 0) is 28.9 Å². The minimum atomic E-state index is -0.0707. The highest BCUT2D eigenvalue weighted by Gasteiger charge is 2.11. The second-order valence-corrected chi connectivity index (χ2v) is 6.55. The summed E-state index contributed by atoms with van der Waals surface area (Å²) < 4.78 is 12.3. The zero-order chi connectivity index (χ0) is 19.3. The molecule has 4 aromatic rings. The Morgan fingerprint density at radius 2 is 2.00 bits per heavy atom. The molecule has 0 fully saturated rings. The average Bonchev–Trinajstić information content (AvgIpc) is 3.35. The summed E-state index contributed by atoms with van der Waals surface area (Å²) in [5.41, 5.74) is 3.13. The molecule has 0 aliphatic carbocycles. The third-order valence-electron chi connectivity index (χ3n) is 4.63. The van der Waals surface area contributed by atoms with Crippen molar-refractivity contribution in [2.75, 3.05) is 12.4 Å². The van der Waals surface area contributed by atoms with Gasteiger partial charge in [-0.15, -0.1) is 0 Å². The van der Waals surface area contributed by atoms with E-state index in [1.165, 1.54) is 12.7 Å². The molecule has 2 aromatic heterocycles. The van der Waals surface area contributed by atoms with E-state index in [4.69, 9.17) is 9.26 Å². The van der Waals surface area contributed by atoms with Crippen LogP contribution in [0.15, 0.2) is 71.4 Å². The van der Waals surface area contributed by atoms with Gasteiger partial charge in [0.2, 0.25) is 5.91 Å². The quantitative estimate of drug-likeness (QED) is 0.524. The molecule has 0 aliphatic rings. The van der Waals surface area contributed by atoms with Crippen molar-refractivity contribution in [1.82, 2.24) is 9.72 Å². The summed E-state index contributed by atoms with van der Waals surface area (Å²) in [4.78, 5) is 12.4. The fourth-order valence-electron chi connectivity index (χ4n) is 3.21. The van der Waals surface area contributed by atoms with Gasteiger partial charge in [0.1, 0.15) is 5.76 Å². The third kappa shape index (κ3) is 3.91. The summed E-state index contributed by atoms with van der Waals surface area (Å²) in [6, 6.07) is 20.0. The van der Waals surface area contributed by atoms with E-state index >= 15 is 0 Å². The lowest BCUT2D eigenvalue weighted by Crippen LogP contribution is -2.12. The van der Waals surface area contributed by atoms with E-state index in [0.717, 1.165) is 23.1 Å². The lowest BCUT2D eigenvalue weighted by atomic mass is 10.2. The molecule has 142 valence electrons. The first-order valence-corrected chi connectivity index (χ1v) is 9.14. The summed E-state index contributed by atoms with van der Waals surface area (Å²) in [6.45, 7) is 0.787. The number of ether oxygens (including phenoxy) is 1. The smallest absolute Gasteiger partial charge is 0.254 e. The SMILES string of the molecule is COc1cc(CCC(=O)Nc2cccc3c2ccn3Cc2ccccc2)on1. The third-order valence-corrected chi connectivity index (χ3v) is 4.63. The monoisotopic (exact) mass is 375 g/mol. The maximum Gasteiger partial charge on any atom is 0.254 e. The van der Waals surface area contributed by atoms with E-state index in [1.807, 2.05) is 42.6 Å². The van der Waals surface area contributed by atoms with Crippen molar-refractivity contribution in [1.29, 1.82) is 0 Å². The van der Waals surface area contributed by atoms with E-state index in [1.54, 1.807) is 6.07 Å². The fraction of sp³-hybridized carbons (Fsp3) is 0.182. The fourth-order valence-corrected chi connectivity index (χ4v) is 3.21. The molecular formula is C22H21N3O3. The number of carbonyl (C=O) groups is 1. The zero-order valence-corrected chi connectivity index (χ0v) is 15.6. The van der Waals surface area contributed by atoms with Crippen LogP contribution < -0.4 is 10.1 Å². The van der Waals surface area contributed by atoms with Crippen LogP contribution in [0.4, 0.5) is 5.69 Å². The minimum absolute atomic E-state index is 0.0707. The van der Waals surface area contributed by atoms with Gasteiger partial charge in [-0.2, -0.15) is 0 Å². The number of hydrogen-bond donors (Lipinski definition) is 1. The van der Waals surface area contributed by atoms with E-state index in [9.17, 15) is 4.79 Å². The predicted molar refractivity (Wildman–Crippen MR) is 107 cm³/mol. The van der Waals surface area contributed by atoms with Crippen LogP contribution in [-0.2, 0) is 17.8 Å². The molecule has 1 amide bonds. The summed E-state index contributed by atoms with van der Waals surface area (Å²) in [6.07, 6.45) is 2.82. The van der Waals surface area contributed by atoms with Crippen LogP contribution in [0.1, 0.15) is 17.7 Å². The number of hydrogen-bond acceptors (Lipinski definition) is 4. The van der Waals surface area contributed by atoms with Crippen molar-refractivity contribution >= 4 is 22.5 Å². The number of nitrogens with zero attached hydrogens (tertiary/aromatic N) is 2. The molecule has 0 saturated carbocycles. The average molecular weight is 375 g/mol. The molecule has 1 N–H and O–H groups in total. The number of fused-ring (bicyclic) bond motifs is 1. The highest BCUT2D eigenvalue weighted by molar-refractivity contribution is 6.01. The molecule has 0 saturated heterocycles. The Kier molecular flexibility index (Phi) is 5.10. The predicted octanol–water partition coefficient (Wildman–Crippen LogP) is 4.26. The van der Waals surface area contributed by atoms with Crippen molar-refractivity contribution in [3.8, 4) is 5.88 Å². The number of carbonyl (C=O) groups excluding carboxylic acids is 1. The Hall–Kier alpha value is -3.54. The van der Waals surface area contributed by atoms with Crippen molar-refractivity contribution in [3.63, 3.8) is 0 Å². The van der Waals surface area contributed by atoms with Gasteiger partial charge in [0, 0.05) is 37.0 Å². The molecule has 2 aromatic carbocycles. The Labute approximate surface area is 162 Å². The number of benzene rings is 2. The van der Waals surface area contributed by atoms with Gasteiger partial charge in [-0.3, -0.25) is 4.79 Å². The second-order valence-electron chi connectivity index (χ2n) is 6.55. The summed E-state index contributed by atoms with van der Waals surface area (Å²) >= 11 is 0. The number of methoxy groups -OCH3 is 1. The number of anilines is 1. The van der Waals surface area contributed by atoms with Crippen molar-refractivity contribution in [2.24, 2.45) is 0 Å². The van der Waals surface area contributed by atoms with E-state index < -0.39 is 0 Å². The molecule has 0 radical (unpaired) electrons. The number of aromatic nitrogens is 2. The Bertz CT molecular complexity index is 1080. The normalized spacial score (nSPS) is 10.9. The molecular weight excluding hydrogens is 354 g/mol. The van der Waals surface area contributed by atoms with Gasteiger partial charge in [-0.1, -0.05) is 36.4 Å². The molecule has 6 heteroatoms. The van der Waals surface area contributed by atoms with E-state index in [0.29, 0.717) is 24.5 Å². The first-order valence-electron chi connectivity index (χ1n) is 9.14. The van der Waals surface area contributed by atoms with Gasteiger partial charge < -0.3 is 19.1 Å². The largest absolute Gasteiger partial charge is 0.479 e. The first kappa shape index (κ1) is 17.9. The Balaban J connectivity index is 1.45. The molecule has 6 nitrogen and oxygen atoms in total. The van der Waals surface area contributed by atoms with Crippen LogP contribution in [-0.4, -0.2) is 22.7 Å². The van der Waals surface area contributed by atoms with Gasteiger partial charge in [-0.25, -0.2) is 0 Å². The van der Waals surface area contributed by atoms with Crippen molar-refractivity contribution < 1.29 is 14.1 Å². The van der Waals surface area contributed by atoms with Crippen LogP contribution >= 0.6 is 0 Å². The minimum Gasteiger partial charge on any atom is -0.479 e. The summed E-state index contributed by atoms with van der Waals surface area (Å²) in [7, 11) is 1.53. The molecule has 0 spiro atoms. The molecule has 0 atom stereocenters. The van der Waals surface area contributed by atoms with Crippen LogP contribution in [0.2, 0.25) is 0 Å². The Morgan fingerprint density at radius 1 is 1.14 bits per heavy atom. The van der Waals surface area contributed by atoms with Crippen molar-refractivity contribution in [3.05, 3.63) is 78.2 Å². The molecule has 2 heterocycles. The maximum atomic E-state index is 12.4. The van der Waals surface area contributed by atoms with Crippen LogP contribution in [0.5, 0.6) is 5.88 Å². The number of nitrogens with one attached hydrogen (secondary N) is 1. The number of rotatable bonds is 7. The molecule has 0 aliphatic heterocycles. The standard InChI is InChI=1S/C22H21N3O3/c1-27-22-14-17(28-24-22)10-11-21(26)23-19-8-5-9-20-18(19)12-13-25(20)15-16-6-3-2-4-7-16/h2-9,12-14H,10-11,15H2,1H3,(H,23,26). The number of amides is 1. The Morgan fingerprint density at radius 3 is 2.79 bits per heavy atom. The molecule has 4 rings (SSSR count). The topological polar surface area (TPSA) is 69.3 Å². The van der Waals surface area contributed by atoms with Gasteiger partial charge in [0.25, 0.3) is 5.88 Å². The van der Waals surface area contributed by atoms with E-state index in [-0.39, 0.29) is 5.91 Å². The maximum absolute atomic E-state index is 12.4. The summed E-state index contributed by atoms with van der Waals surface area (Å²) in [5.74, 6) is 0.970. The lowest BCUT2D eigenvalue weighted by Gasteiger charge is -2.09. The lowest BCUT2D eigenvalue weighted by molar-refractivity contribution is -0.116. The zero-order valence-electron chi connectivity index (χ0n) is 15.6. The van der Waals surface area contributed by atoms with Gasteiger partial charge in [0.05, 0.1) is 18.3 Å². The van der Waals surface area contributed by atoms with Crippen LogP contribution in [0, 0.1) is 0 Å². The van der Waals surface area contributed by atoms with E-state index in [2.05, 4.69) is 33.2 Å². The molecule has 0 unspecified atom stereocenters.